The first-order valence-electron chi connectivity index (χ1n) is 14.2. The van der Waals surface area contributed by atoms with Crippen LogP contribution in [-0.2, 0) is 14.9 Å². The van der Waals surface area contributed by atoms with Gasteiger partial charge in [0.2, 0.25) is 0 Å². The van der Waals surface area contributed by atoms with Gasteiger partial charge in [0, 0.05) is 53.5 Å². The number of fused-ring (bicyclic) bond motifs is 3. The highest BCUT2D eigenvalue weighted by Crippen LogP contribution is 2.53. The molecule has 1 aliphatic carbocycles. The van der Waals surface area contributed by atoms with Crippen LogP contribution < -0.4 is 4.90 Å². The number of nitro groups is 1. The summed E-state index contributed by atoms with van der Waals surface area (Å²) in [6, 6.07) is 11.2. The third-order valence-corrected chi connectivity index (χ3v) is 8.60. The van der Waals surface area contributed by atoms with Crippen LogP contribution in [-0.4, -0.2) is 57.1 Å². The van der Waals surface area contributed by atoms with Gasteiger partial charge in [0.1, 0.15) is 23.9 Å². The Kier molecular flexibility index (Phi) is 7.03. The highest BCUT2D eigenvalue weighted by Gasteiger charge is 2.51. The van der Waals surface area contributed by atoms with E-state index in [9.17, 15) is 19.7 Å². The van der Waals surface area contributed by atoms with Crippen molar-refractivity contribution < 1.29 is 24.0 Å². The largest absolute Gasteiger partial charge is 0.452 e. The summed E-state index contributed by atoms with van der Waals surface area (Å²) in [5, 5.41) is 11.6. The molecule has 1 unspecified atom stereocenters. The fourth-order valence-corrected chi connectivity index (χ4v) is 6.62. The lowest BCUT2D eigenvalue weighted by Crippen LogP contribution is -2.39. The van der Waals surface area contributed by atoms with Crippen molar-refractivity contribution in [3.05, 3.63) is 86.3 Å². The standard InChI is InChI=1S/C31H32ClN5O6/c1-18-13-24(42-28(38)19-5-8-21(9-6-19)37(40)41)26-25(18)27(34-17-33-26)36-16-31(22-14-20(32)7-10-23(22)36)11-12-35(15-31)29(39)43-30(2,3)4/h5-10,14,17-18,24H,11-13,15-16H2,1-4H3/t18-,24-,31?/m1/s1. The molecule has 6 rings (SSSR count). The van der Waals surface area contributed by atoms with E-state index in [4.69, 9.17) is 26.1 Å². The van der Waals surface area contributed by atoms with E-state index >= 15 is 0 Å². The van der Waals surface area contributed by atoms with Crippen molar-refractivity contribution in [2.24, 2.45) is 0 Å². The number of carbonyl (C=O) groups is 2. The zero-order chi connectivity index (χ0) is 30.7. The Morgan fingerprint density at radius 1 is 1.12 bits per heavy atom. The molecule has 1 saturated heterocycles. The number of non-ortho nitro benzene ring substituents is 1. The minimum absolute atomic E-state index is 0.00463. The summed E-state index contributed by atoms with van der Waals surface area (Å²) >= 11 is 6.49. The van der Waals surface area contributed by atoms with Gasteiger partial charge in [-0.1, -0.05) is 18.5 Å². The smallest absolute Gasteiger partial charge is 0.410 e. The normalized spacial score (nSPS) is 22.4. The molecule has 1 amide bonds. The van der Waals surface area contributed by atoms with E-state index < -0.39 is 22.6 Å². The maximum Gasteiger partial charge on any atom is 0.410 e. The number of nitro benzene ring substituents is 1. The second-order valence-electron chi connectivity index (χ2n) is 12.5. The molecule has 3 heterocycles. The molecule has 0 radical (unpaired) electrons. The molecular formula is C31H32ClN5O6. The van der Waals surface area contributed by atoms with Crippen LogP contribution in [0.25, 0.3) is 0 Å². The van der Waals surface area contributed by atoms with Crippen LogP contribution in [0, 0.1) is 10.1 Å². The van der Waals surface area contributed by atoms with Crippen molar-refractivity contribution >= 4 is 40.9 Å². The molecule has 2 aliphatic heterocycles. The second-order valence-corrected chi connectivity index (χ2v) is 12.9. The zero-order valence-corrected chi connectivity index (χ0v) is 25.1. The summed E-state index contributed by atoms with van der Waals surface area (Å²) < 4.78 is 11.5. The summed E-state index contributed by atoms with van der Waals surface area (Å²) in [5.74, 6) is 0.158. The van der Waals surface area contributed by atoms with Crippen molar-refractivity contribution in [3.63, 3.8) is 0 Å². The summed E-state index contributed by atoms with van der Waals surface area (Å²) in [6.07, 6.45) is 1.83. The van der Waals surface area contributed by atoms with Gasteiger partial charge in [0.05, 0.1) is 16.2 Å². The van der Waals surface area contributed by atoms with E-state index in [1.165, 1.54) is 30.6 Å². The van der Waals surface area contributed by atoms with E-state index in [1.54, 1.807) is 4.90 Å². The van der Waals surface area contributed by atoms with Gasteiger partial charge in [0.15, 0.2) is 0 Å². The van der Waals surface area contributed by atoms with Crippen LogP contribution in [0.4, 0.5) is 22.0 Å². The van der Waals surface area contributed by atoms with E-state index in [0.29, 0.717) is 36.8 Å². The lowest BCUT2D eigenvalue weighted by Gasteiger charge is -2.28. The Labute approximate surface area is 253 Å². The summed E-state index contributed by atoms with van der Waals surface area (Å²) in [7, 11) is 0. The summed E-state index contributed by atoms with van der Waals surface area (Å²) in [6.45, 7) is 9.27. The Hall–Kier alpha value is -4.25. The first kappa shape index (κ1) is 28.9. The van der Waals surface area contributed by atoms with Gasteiger partial charge in [-0.25, -0.2) is 19.6 Å². The lowest BCUT2D eigenvalue weighted by atomic mass is 9.81. The molecule has 224 valence electrons. The molecule has 43 heavy (non-hydrogen) atoms. The van der Waals surface area contributed by atoms with Crippen molar-refractivity contribution in [1.82, 2.24) is 14.9 Å². The van der Waals surface area contributed by atoms with Gasteiger partial charge in [0.25, 0.3) is 5.69 Å². The first-order valence-corrected chi connectivity index (χ1v) is 14.6. The maximum atomic E-state index is 13.0. The lowest BCUT2D eigenvalue weighted by molar-refractivity contribution is -0.384. The predicted octanol–water partition coefficient (Wildman–Crippen LogP) is 6.47. The number of halogens is 1. The molecule has 3 atom stereocenters. The number of benzene rings is 2. The second kappa shape index (κ2) is 10.5. The molecule has 0 bridgehead atoms. The molecule has 1 aromatic heterocycles. The number of rotatable bonds is 4. The van der Waals surface area contributed by atoms with Crippen molar-refractivity contribution in [1.29, 1.82) is 0 Å². The molecule has 0 saturated carbocycles. The molecule has 1 spiro atoms. The van der Waals surface area contributed by atoms with Gasteiger partial charge in [-0.05, 0) is 75.4 Å². The first-order chi connectivity index (χ1) is 20.3. The highest BCUT2D eigenvalue weighted by molar-refractivity contribution is 6.30. The maximum absolute atomic E-state index is 13.0. The quantitative estimate of drug-likeness (QED) is 0.186. The Bertz CT molecular complexity index is 1620. The van der Waals surface area contributed by atoms with Gasteiger partial charge in [-0.3, -0.25) is 10.1 Å². The number of nitrogens with zero attached hydrogens (tertiary/aromatic N) is 5. The van der Waals surface area contributed by atoms with E-state index in [0.717, 1.165) is 29.1 Å². The van der Waals surface area contributed by atoms with Crippen molar-refractivity contribution in [3.8, 4) is 0 Å². The molecule has 3 aromatic rings. The number of hydrogen-bond donors (Lipinski definition) is 0. The monoisotopic (exact) mass is 605 g/mol. The van der Waals surface area contributed by atoms with Crippen LogP contribution in [0.2, 0.25) is 5.02 Å². The molecule has 2 aromatic carbocycles. The molecular weight excluding hydrogens is 574 g/mol. The van der Waals surface area contributed by atoms with E-state index in [-0.39, 0.29) is 28.7 Å². The number of ether oxygens (including phenoxy) is 2. The fraction of sp³-hybridized carbons (Fsp3) is 0.419. The molecule has 11 nitrogen and oxygen atoms in total. The van der Waals surface area contributed by atoms with Crippen molar-refractivity contribution in [2.45, 2.75) is 63.6 Å². The molecule has 0 N–H and O–H groups in total. The number of hydrogen-bond acceptors (Lipinski definition) is 9. The number of esters is 1. The van der Waals surface area contributed by atoms with Gasteiger partial charge < -0.3 is 19.3 Å². The Morgan fingerprint density at radius 2 is 1.86 bits per heavy atom. The summed E-state index contributed by atoms with van der Waals surface area (Å²) in [5.41, 5.74) is 2.75. The predicted molar refractivity (Wildman–Crippen MR) is 159 cm³/mol. The summed E-state index contributed by atoms with van der Waals surface area (Å²) in [4.78, 5) is 49.6. The van der Waals surface area contributed by atoms with Crippen molar-refractivity contribution in [2.75, 3.05) is 24.5 Å². The number of anilines is 2. The molecule has 1 fully saturated rings. The van der Waals surface area contributed by atoms with E-state index in [1.807, 2.05) is 39.0 Å². The van der Waals surface area contributed by atoms with Gasteiger partial charge >= 0.3 is 12.1 Å². The minimum atomic E-state index is -0.593. The average Bonchev–Trinajstić information content (AvgIpc) is 3.62. The van der Waals surface area contributed by atoms with Crippen LogP contribution >= 0.6 is 11.6 Å². The molecule has 12 heteroatoms. The fourth-order valence-electron chi connectivity index (χ4n) is 6.45. The number of aromatic nitrogens is 2. The number of carbonyl (C=O) groups excluding carboxylic acids is 2. The topological polar surface area (TPSA) is 128 Å². The Morgan fingerprint density at radius 3 is 2.56 bits per heavy atom. The van der Waals surface area contributed by atoms with Crippen LogP contribution in [0.1, 0.15) is 79.7 Å². The SMILES string of the molecule is C[C@@H]1C[C@@H](OC(=O)c2ccc([N+](=O)[O-])cc2)c2ncnc(N3CC4(CCN(C(=O)OC(C)(C)C)C4)c4cc(Cl)ccc43)c21. The average molecular weight is 606 g/mol. The van der Waals surface area contributed by atoms with Crippen LogP contribution in [0.3, 0.4) is 0 Å². The third kappa shape index (κ3) is 5.26. The van der Waals surface area contributed by atoms with Crippen LogP contribution in [0.5, 0.6) is 0 Å². The number of likely N-dealkylation sites (tertiary alicyclic amines) is 1. The third-order valence-electron chi connectivity index (χ3n) is 8.36. The van der Waals surface area contributed by atoms with Gasteiger partial charge in [-0.15, -0.1) is 0 Å². The Balaban J connectivity index is 1.29. The minimum Gasteiger partial charge on any atom is -0.452 e. The molecule has 3 aliphatic rings. The highest BCUT2D eigenvalue weighted by atomic mass is 35.5. The van der Waals surface area contributed by atoms with Crippen LogP contribution in [0.15, 0.2) is 48.8 Å². The van der Waals surface area contributed by atoms with E-state index in [2.05, 4.69) is 16.8 Å². The number of amides is 1. The van der Waals surface area contributed by atoms with Gasteiger partial charge in [-0.2, -0.15) is 0 Å². The zero-order valence-electron chi connectivity index (χ0n) is 24.4.